The molecule has 4 heterocycles. The van der Waals surface area contributed by atoms with Gasteiger partial charge in [-0.1, -0.05) is 29.2 Å². The Morgan fingerprint density at radius 1 is 1.18 bits per heavy atom. The molecular weight excluding hydrogens is 519 g/mol. The number of H-pyrrole nitrogens is 1. The van der Waals surface area contributed by atoms with E-state index in [4.69, 9.17) is 6.42 Å². The second-order valence-corrected chi connectivity index (χ2v) is 10.7. The molecule has 1 aliphatic heterocycles. The summed E-state index contributed by atoms with van der Waals surface area (Å²) in [5.74, 6) is 2.42. The Kier molecular flexibility index (Phi) is 6.13. The van der Waals surface area contributed by atoms with E-state index in [1.54, 1.807) is 6.20 Å². The fraction of sp³-hybridized carbons (Fsp3) is 0.241. The third-order valence-electron chi connectivity index (χ3n) is 7.28. The van der Waals surface area contributed by atoms with E-state index in [-0.39, 0.29) is 17.2 Å². The molecule has 0 bridgehead atoms. The number of fused-ring (bicyclic) bond motifs is 4. The van der Waals surface area contributed by atoms with Crippen LogP contribution in [0.1, 0.15) is 36.9 Å². The van der Waals surface area contributed by atoms with Crippen LogP contribution in [0.5, 0.6) is 5.75 Å². The van der Waals surface area contributed by atoms with Crippen molar-refractivity contribution in [3.8, 4) is 29.2 Å². The van der Waals surface area contributed by atoms with Crippen molar-refractivity contribution in [1.82, 2.24) is 19.9 Å². The Morgan fingerprint density at radius 3 is 2.69 bits per heavy atom. The number of nitrogens with zero attached hydrogens (tertiary/aromatic N) is 2. The Bertz CT molecular complexity index is 1980. The zero-order valence-corrected chi connectivity index (χ0v) is 21.9. The number of halogens is 1. The highest BCUT2D eigenvalue weighted by Gasteiger charge is 2.26. The highest BCUT2D eigenvalue weighted by Crippen LogP contribution is 2.35. The Morgan fingerprint density at radius 2 is 2.00 bits per heavy atom. The maximum absolute atomic E-state index is 14.1. The van der Waals surface area contributed by atoms with Gasteiger partial charge >= 0.3 is 10.5 Å². The summed E-state index contributed by atoms with van der Waals surface area (Å²) in [4.78, 5) is 21.6. The Labute approximate surface area is 224 Å². The molecule has 0 amide bonds. The fourth-order valence-corrected chi connectivity index (χ4v) is 5.68. The summed E-state index contributed by atoms with van der Waals surface area (Å²) < 4.78 is 42.0. The van der Waals surface area contributed by atoms with E-state index in [0.29, 0.717) is 28.4 Å². The van der Waals surface area contributed by atoms with Gasteiger partial charge in [0.25, 0.3) is 0 Å². The quantitative estimate of drug-likeness (QED) is 0.226. The fourth-order valence-electron chi connectivity index (χ4n) is 5.36. The molecule has 2 N–H and O–H groups in total. The van der Waals surface area contributed by atoms with Crippen LogP contribution < -0.4 is 14.9 Å². The average Bonchev–Trinajstić information content (AvgIpc) is 3.26. The molecule has 10 heteroatoms. The predicted molar refractivity (Wildman–Crippen MR) is 150 cm³/mol. The van der Waals surface area contributed by atoms with Gasteiger partial charge in [0, 0.05) is 46.7 Å². The van der Waals surface area contributed by atoms with Gasteiger partial charge in [-0.2, -0.15) is 8.42 Å². The number of nitrogens with one attached hydrogen (secondary N) is 2. The number of aryl methyl sites for hydroxylation is 1. The van der Waals surface area contributed by atoms with E-state index < -0.39 is 10.5 Å². The van der Waals surface area contributed by atoms with Crippen LogP contribution in [0, 0.1) is 12.3 Å². The van der Waals surface area contributed by atoms with Gasteiger partial charge in [0.2, 0.25) is 0 Å². The number of terminal acetylenes is 1. The summed E-state index contributed by atoms with van der Waals surface area (Å²) in [5.41, 5.74) is 5.14. The van der Waals surface area contributed by atoms with Gasteiger partial charge < -0.3 is 19.1 Å². The molecule has 1 aliphatic rings. The molecule has 2 aromatic carbocycles. The lowest BCUT2D eigenvalue weighted by atomic mass is 9.93. The lowest BCUT2D eigenvalue weighted by Crippen LogP contribution is -2.44. The van der Waals surface area contributed by atoms with E-state index in [1.807, 2.05) is 30.3 Å². The summed E-state index contributed by atoms with van der Waals surface area (Å²) in [6.45, 7) is 3.56. The van der Waals surface area contributed by atoms with Crippen molar-refractivity contribution in [1.29, 1.82) is 0 Å². The summed E-state index contributed by atoms with van der Waals surface area (Å²) in [6, 6.07) is 11.0. The summed E-state index contributed by atoms with van der Waals surface area (Å²) in [6.07, 6.45) is 10.8. The molecule has 3 aromatic heterocycles. The van der Waals surface area contributed by atoms with Crippen LogP contribution in [-0.2, 0) is 16.9 Å². The minimum atomic E-state index is -5.21. The third kappa shape index (κ3) is 4.43. The highest BCUT2D eigenvalue weighted by molar-refractivity contribution is 7.81. The summed E-state index contributed by atoms with van der Waals surface area (Å²) >= 11 is 0. The van der Waals surface area contributed by atoms with Gasteiger partial charge in [0.15, 0.2) is 11.2 Å². The van der Waals surface area contributed by atoms with Crippen molar-refractivity contribution in [3.05, 3.63) is 70.1 Å². The Hall–Kier alpha value is -4.20. The van der Waals surface area contributed by atoms with Crippen molar-refractivity contribution < 1.29 is 16.5 Å². The average molecular weight is 545 g/mol. The summed E-state index contributed by atoms with van der Waals surface area (Å²) in [7, 11) is -5.21. The van der Waals surface area contributed by atoms with Crippen molar-refractivity contribution >= 4 is 43.3 Å². The highest BCUT2D eigenvalue weighted by atomic mass is 32.3. The lowest BCUT2D eigenvalue weighted by Gasteiger charge is -2.32. The first-order valence-corrected chi connectivity index (χ1v) is 14.0. The van der Waals surface area contributed by atoms with Crippen LogP contribution >= 0.6 is 0 Å². The smallest absolute Gasteiger partial charge is 0.357 e. The largest absolute Gasteiger partial charge is 0.488 e. The molecule has 0 radical (unpaired) electrons. The predicted octanol–water partition coefficient (Wildman–Crippen LogP) is 4.76. The molecule has 8 nitrogen and oxygen atoms in total. The van der Waals surface area contributed by atoms with E-state index >= 15 is 0 Å². The van der Waals surface area contributed by atoms with E-state index in [2.05, 4.69) is 36.9 Å². The number of pyridine rings is 2. The zero-order chi connectivity index (χ0) is 27.3. The first-order chi connectivity index (χ1) is 18.8. The van der Waals surface area contributed by atoms with Crippen molar-refractivity contribution in [3.63, 3.8) is 0 Å². The minimum Gasteiger partial charge on any atom is -0.357 e. The van der Waals surface area contributed by atoms with Crippen molar-refractivity contribution in [2.75, 3.05) is 13.1 Å². The second kappa shape index (κ2) is 9.52. The molecule has 6 rings (SSSR count). The molecule has 0 spiro atoms. The van der Waals surface area contributed by atoms with Crippen LogP contribution in [0.4, 0.5) is 3.89 Å². The van der Waals surface area contributed by atoms with Gasteiger partial charge in [-0.15, -0.1) is 6.42 Å². The minimum absolute atomic E-state index is 0.0775. The second-order valence-electron chi connectivity index (χ2n) is 9.78. The van der Waals surface area contributed by atoms with E-state index in [0.717, 1.165) is 65.2 Å². The van der Waals surface area contributed by atoms with Gasteiger partial charge in [-0.25, -0.2) is 0 Å². The maximum Gasteiger partial charge on any atom is 0.488 e. The monoisotopic (exact) mass is 544 g/mol. The normalized spacial score (nSPS) is 14.1. The number of unbranched alkanes of at least 4 members (excludes halogenated alkanes) is 1. The van der Waals surface area contributed by atoms with Crippen LogP contribution in [0.25, 0.3) is 44.0 Å². The van der Waals surface area contributed by atoms with Crippen LogP contribution in [0.15, 0.2) is 53.6 Å². The number of rotatable bonds is 7. The number of benzene rings is 2. The third-order valence-corrected chi connectivity index (χ3v) is 7.68. The molecule has 198 valence electrons. The molecular formula is C29H25FN4O4S. The van der Waals surface area contributed by atoms with Gasteiger partial charge in [0.1, 0.15) is 5.65 Å². The molecule has 1 fully saturated rings. The zero-order valence-electron chi connectivity index (χ0n) is 21.1. The standard InChI is InChI=1S/C29H25FN4O4S/c1-3-5-6-18-11-24-26(12-23(18)19-10-21(16-31-13-19)38-39(30,36)37)34(20-14-32-15-20)29-27(28(24)35)22-8-7-17(4-2)9-25(22)33-29/h2,7-13,16,20,32-33H,3,5-6,14-15H2,1H3. The molecule has 39 heavy (non-hydrogen) atoms. The molecule has 5 aromatic rings. The number of aromatic nitrogens is 3. The maximum atomic E-state index is 14.1. The van der Waals surface area contributed by atoms with Crippen molar-refractivity contribution in [2.24, 2.45) is 0 Å². The molecule has 0 saturated carbocycles. The van der Waals surface area contributed by atoms with Gasteiger partial charge in [0.05, 0.1) is 23.1 Å². The SMILES string of the molecule is C#Cc1ccc2c(c1)[nH]c1c2c(=O)c2cc(CCCC)c(-c3cncc(OS(=O)(=O)F)c3)cc2n1C1CNC1. The number of aromatic amines is 1. The van der Waals surface area contributed by atoms with Crippen LogP contribution in [0.2, 0.25) is 0 Å². The first kappa shape index (κ1) is 25.1. The van der Waals surface area contributed by atoms with Gasteiger partial charge in [-0.3, -0.25) is 9.78 Å². The van der Waals surface area contributed by atoms with E-state index in [1.165, 1.54) is 6.07 Å². The molecule has 1 saturated heterocycles. The van der Waals surface area contributed by atoms with Gasteiger partial charge in [-0.05, 0) is 54.3 Å². The number of hydrogen-bond acceptors (Lipinski definition) is 6. The number of hydrogen-bond donors (Lipinski definition) is 2. The molecule has 0 atom stereocenters. The van der Waals surface area contributed by atoms with Crippen molar-refractivity contribution in [2.45, 2.75) is 32.2 Å². The summed E-state index contributed by atoms with van der Waals surface area (Å²) in [5, 5.41) is 5.34. The lowest BCUT2D eigenvalue weighted by molar-refractivity contribution is 0.357. The Balaban J connectivity index is 1.68. The molecule has 0 unspecified atom stereocenters. The van der Waals surface area contributed by atoms with E-state index in [9.17, 15) is 17.1 Å². The topological polar surface area (TPSA) is 106 Å². The van der Waals surface area contributed by atoms with Crippen LogP contribution in [0.3, 0.4) is 0 Å². The van der Waals surface area contributed by atoms with Crippen LogP contribution in [-0.4, -0.2) is 36.0 Å². The molecule has 0 aliphatic carbocycles. The first-order valence-electron chi connectivity index (χ1n) is 12.7.